The van der Waals surface area contributed by atoms with E-state index in [1.54, 1.807) is 20.3 Å². The molecule has 0 spiro atoms. The summed E-state index contributed by atoms with van der Waals surface area (Å²) in [6, 6.07) is 5.37. The van der Waals surface area contributed by atoms with E-state index in [-0.39, 0.29) is 42.1 Å². The zero-order chi connectivity index (χ0) is 19.2. The van der Waals surface area contributed by atoms with E-state index in [1.807, 2.05) is 12.1 Å². The molecule has 144 valence electrons. The minimum atomic E-state index is -3.01. The van der Waals surface area contributed by atoms with Gasteiger partial charge in [0.2, 0.25) is 11.8 Å². The van der Waals surface area contributed by atoms with E-state index in [0.717, 1.165) is 5.56 Å². The summed E-state index contributed by atoms with van der Waals surface area (Å²) in [6.07, 6.45) is 1.21. The maximum Gasteiger partial charge on any atom is 0.238 e. The van der Waals surface area contributed by atoms with Crippen LogP contribution >= 0.6 is 0 Å². The molecule has 1 saturated heterocycles. The predicted molar refractivity (Wildman–Crippen MR) is 95.5 cm³/mol. The van der Waals surface area contributed by atoms with Gasteiger partial charge in [-0.1, -0.05) is 0 Å². The lowest BCUT2D eigenvalue weighted by molar-refractivity contribution is -0.129. The minimum Gasteiger partial charge on any atom is -0.497 e. The van der Waals surface area contributed by atoms with Crippen molar-refractivity contribution in [3.8, 4) is 11.5 Å². The van der Waals surface area contributed by atoms with Crippen LogP contribution in [0.5, 0.6) is 11.5 Å². The summed E-state index contributed by atoms with van der Waals surface area (Å²) < 4.78 is 33.1. The fraction of sp³-hybridized carbons (Fsp3) is 0.529. The first-order valence-electron chi connectivity index (χ1n) is 8.31. The van der Waals surface area contributed by atoms with E-state index in [1.165, 1.54) is 0 Å². The molecule has 0 aromatic heterocycles. The molecule has 1 aliphatic rings. The third-order valence-corrected chi connectivity index (χ3v) is 6.03. The quantitative estimate of drug-likeness (QED) is 0.667. The number of ether oxygens (including phenoxy) is 2. The Hall–Kier alpha value is -2.29. The van der Waals surface area contributed by atoms with Crippen LogP contribution in [0.15, 0.2) is 18.2 Å². The number of rotatable bonds is 7. The zero-order valence-corrected chi connectivity index (χ0v) is 15.7. The highest BCUT2D eigenvalue weighted by Gasteiger charge is 2.29. The van der Waals surface area contributed by atoms with Crippen LogP contribution in [0.4, 0.5) is 0 Å². The molecule has 0 bridgehead atoms. The van der Waals surface area contributed by atoms with Crippen molar-refractivity contribution < 1.29 is 27.5 Å². The Morgan fingerprint density at radius 3 is 2.23 bits per heavy atom. The van der Waals surface area contributed by atoms with Crippen molar-refractivity contribution in [2.45, 2.75) is 25.7 Å². The molecule has 9 heteroatoms. The van der Waals surface area contributed by atoms with Crippen molar-refractivity contribution in [2.75, 3.05) is 25.7 Å². The van der Waals surface area contributed by atoms with Crippen LogP contribution in [-0.4, -0.2) is 46.0 Å². The van der Waals surface area contributed by atoms with Gasteiger partial charge >= 0.3 is 0 Å². The highest BCUT2D eigenvalue weighted by molar-refractivity contribution is 7.91. The number of hydrogen-bond donors (Lipinski definition) is 2. The van der Waals surface area contributed by atoms with Gasteiger partial charge in [0.15, 0.2) is 9.84 Å². The van der Waals surface area contributed by atoms with Crippen molar-refractivity contribution >= 4 is 21.7 Å². The largest absolute Gasteiger partial charge is 0.497 e. The Morgan fingerprint density at radius 2 is 1.69 bits per heavy atom. The first kappa shape index (κ1) is 20.0. The molecule has 0 aliphatic carbocycles. The molecule has 2 rings (SSSR count). The molecule has 2 N–H and O–H groups in total. The summed E-state index contributed by atoms with van der Waals surface area (Å²) in [5.41, 5.74) is 5.56. The average Bonchev–Trinajstić information content (AvgIpc) is 2.96. The van der Waals surface area contributed by atoms with Crippen LogP contribution in [0.1, 0.15) is 24.8 Å². The van der Waals surface area contributed by atoms with E-state index in [4.69, 9.17) is 9.47 Å². The number of hydrogen-bond acceptors (Lipinski definition) is 6. The number of nitrogens with one attached hydrogen (secondary N) is 2. The van der Waals surface area contributed by atoms with E-state index < -0.39 is 9.84 Å². The molecule has 2 amide bonds. The fourth-order valence-corrected chi connectivity index (χ4v) is 4.68. The van der Waals surface area contributed by atoms with E-state index >= 15 is 0 Å². The van der Waals surface area contributed by atoms with E-state index in [0.29, 0.717) is 24.3 Å². The average molecular weight is 384 g/mol. The standard InChI is InChI=1S/C17H24N2O6S/c1-24-14-7-12(8-15(10-14)25-2)3-4-16(20)18-19-17(21)9-13-5-6-26(22,23)11-13/h7-8,10,13H,3-6,9,11H2,1-2H3,(H,18,20)(H,19,21). The van der Waals surface area contributed by atoms with Crippen LogP contribution < -0.4 is 20.3 Å². The first-order valence-corrected chi connectivity index (χ1v) is 10.1. The number of amides is 2. The first-order chi connectivity index (χ1) is 12.3. The highest BCUT2D eigenvalue weighted by atomic mass is 32.2. The number of methoxy groups -OCH3 is 2. The molecule has 8 nitrogen and oxygen atoms in total. The Labute approximate surface area is 153 Å². The van der Waals surface area contributed by atoms with Gasteiger partial charge in [-0.15, -0.1) is 0 Å². The Kier molecular flexibility index (Phi) is 6.84. The topological polar surface area (TPSA) is 111 Å². The number of carbonyl (C=O) groups excluding carboxylic acids is 2. The lowest BCUT2D eigenvalue weighted by Crippen LogP contribution is -2.42. The number of aryl methyl sites for hydroxylation is 1. The number of carbonyl (C=O) groups is 2. The van der Waals surface area contributed by atoms with Crippen LogP contribution in [0.2, 0.25) is 0 Å². The lowest BCUT2D eigenvalue weighted by Gasteiger charge is -2.11. The molecule has 1 aromatic rings. The molecule has 1 atom stereocenters. The second-order valence-corrected chi connectivity index (χ2v) is 8.52. The second kappa shape index (κ2) is 8.88. The van der Waals surface area contributed by atoms with E-state index in [9.17, 15) is 18.0 Å². The molecular formula is C17H24N2O6S. The van der Waals surface area contributed by atoms with Gasteiger partial charge in [-0.3, -0.25) is 20.4 Å². The number of benzene rings is 1. The third kappa shape index (κ3) is 6.21. The SMILES string of the molecule is COc1cc(CCC(=O)NNC(=O)CC2CCS(=O)(=O)C2)cc(OC)c1. The van der Waals surface area contributed by atoms with Crippen LogP contribution in [0.3, 0.4) is 0 Å². The summed E-state index contributed by atoms with van der Waals surface area (Å²) in [4.78, 5) is 23.7. The van der Waals surface area contributed by atoms with Crippen molar-refractivity contribution in [1.29, 1.82) is 0 Å². The predicted octanol–water partition coefficient (Wildman–Crippen LogP) is 0.609. The molecule has 1 unspecified atom stereocenters. The van der Waals surface area contributed by atoms with Gasteiger partial charge in [0.05, 0.1) is 25.7 Å². The van der Waals surface area contributed by atoms with Crippen molar-refractivity contribution in [3.05, 3.63) is 23.8 Å². The smallest absolute Gasteiger partial charge is 0.238 e. The van der Waals surface area contributed by atoms with Crippen molar-refractivity contribution in [2.24, 2.45) is 5.92 Å². The van der Waals surface area contributed by atoms with Gasteiger partial charge in [0, 0.05) is 18.9 Å². The van der Waals surface area contributed by atoms with Gasteiger partial charge in [0.25, 0.3) is 0 Å². The summed E-state index contributed by atoms with van der Waals surface area (Å²) in [6.45, 7) is 0. The normalized spacial score (nSPS) is 18.2. The Bertz CT molecular complexity index is 740. The Morgan fingerprint density at radius 1 is 1.08 bits per heavy atom. The lowest BCUT2D eigenvalue weighted by atomic mass is 10.1. The number of hydrazine groups is 1. The van der Waals surface area contributed by atoms with E-state index in [2.05, 4.69) is 10.9 Å². The van der Waals surface area contributed by atoms with Gasteiger partial charge in [-0.2, -0.15) is 0 Å². The summed E-state index contributed by atoms with van der Waals surface area (Å²) in [7, 11) is 0.0929. The maximum absolute atomic E-state index is 11.9. The molecule has 0 saturated carbocycles. The van der Waals surface area contributed by atoms with Gasteiger partial charge in [-0.05, 0) is 36.5 Å². The van der Waals surface area contributed by atoms with Crippen molar-refractivity contribution in [3.63, 3.8) is 0 Å². The number of sulfone groups is 1. The van der Waals surface area contributed by atoms with Gasteiger partial charge in [0.1, 0.15) is 11.5 Å². The molecule has 0 radical (unpaired) electrons. The summed E-state index contributed by atoms with van der Waals surface area (Å²) in [5.74, 6) is 0.538. The fourth-order valence-electron chi connectivity index (χ4n) is 2.82. The van der Waals surface area contributed by atoms with Gasteiger partial charge < -0.3 is 9.47 Å². The molecule has 26 heavy (non-hydrogen) atoms. The molecule has 1 heterocycles. The van der Waals surface area contributed by atoms with Crippen molar-refractivity contribution in [1.82, 2.24) is 10.9 Å². The van der Waals surface area contributed by atoms with Crippen LogP contribution in [0.25, 0.3) is 0 Å². The maximum atomic E-state index is 11.9. The zero-order valence-electron chi connectivity index (χ0n) is 14.9. The molecule has 1 aromatic carbocycles. The second-order valence-electron chi connectivity index (χ2n) is 6.29. The van der Waals surface area contributed by atoms with Gasteiger partial charge in [-0.25, -0.2) is 8.42 Å². The monoisotopic (exact) mass is 384 g/mol. The summed E-state index contributed by atoms with van der Waals surface area (Å²) >= 11 is 0. The minimum absolute atomic E-state index is 0.0338. The molecule has 1 aliphatic heterocycles. The molecular weight excluding hydrogens is 360 g/mol. The molecule has 1 fully saturated rings. The Balaban J connectivity index is 1.74. The highest BCUT2D eigenvalue weighted by Crippen LogP contribution is 2.23. The van der Waals surface area contributed by atoms with Crippen LogP contribution in [0, 0.1) is 5.92 Å². The third-order valence-electron chi connectivity index (χ3n) is 4.19. The van der Waals surface area contributed by atoms with Crippen LogP contribution in [-0.2, 0) is 25.8 Å². The summed E-state index contributed by atoms with van der Waals surface area (Å²) in [5, 5.41) is 0.